The number of benzene rings is 2. The second-order valence-electron chi connectivity index (χ2n) is 3.57. The standard InChI is InChI=1S/C14H14O/c1-2-11-7-9-12(10-8-11)13-5-3-4-6-14(13)15/h3-10,15H,2H2,1H3. The van der Waals surface area contributed by atoms with Crippen molar-refractivity contribution in [3.8, 4) is 16.9 Å². The largest absolute Gasteiger partial charge is 0.507 e. The lowest BCUT2D eigenvalue weighted by atomic mass is 10.0. The first kappa shape index (κ1) is 9.78. The number of phenolic OH excluding ortho intramolecular Hbond substituents is 1. The summed E-state index contributed by atoms with van der Waals surface area (Å²) < 4.78 is 0. The highest BCUT2D eigenvalue weighted by Gasteiger charge is 2.01. The van der Waals surface area contributed by atoms with Gasteiger partial charge in [-0.25, -0.2) is 0 Å². The van der Waals surface area contributed by atoms with Crippen molar-refractivity contribution in [2.45, 2.75) is 13.3 Å². The average molecular weight is 198 g/mol. The average Bonchev–Trinajstić information content (AvgIpc) is 2.30. The lowest BCUT2D eigenvalue weighted by Crippen LogP contribution is -1.81. The predicted molar refractivity (Wildman–Crippen MR) is 62.9 cm³/mol. The molecule has 2 aromatic carbocycles. The van der Waals surface area contributed by atoms with Crippen molar-refractivity contribution in [3.63, 3.8) is 0 Å². The SMILES string of the molecule is CCc1ccc(-c2ccccc2O)cc1. The number of rotatable bonds is 2. The lowest BCUT2D eigenvalue weighted by Gasteiger charge is -2.05. The summed E-state index contributed by atoms with van der Waals surface area (Å²) in [5.74, 6) is 0.335. The van der Waals surface area contributed by atoms with E-state index in [1.165, 1.54) is 5.56 Å². The van der Waals surface area contributed by atoms with E-state index in [4.69, 9.17) is 0 Å². The van der Waals surface area contributed by atoms with E-state index in [9.17, 15) is 5.11 Å². The maximum absolute atomic E-state index is 9.69. The molecule has 0 saturated heterocycles. The van der Waals surface area contributed by atoms with Crippen molar-refractivity contribution in [1.82, 2.24) is 0 Å². The summed E-state index contributed by atoms with van der Waals surface area (Å²) in [5.41, 5.74) is 3.26. The van der Waals surface area contributed by atoms with Crippen LogP contribution in [0.4, 0.5) is 0 Å². The van der Waals surface area contributed by atoms with Gasteiger partial charge in [0.1, 0.15) is 5.75 Å². The van der Waals surface area contributed by atoms with Crippen molar-refractivity contribution in [2.75, 3.05) is 0 Å². The van der Waals surface area contributed by atoms with Crippen LogP contribution in [0.5, 0.6) is 5.75 Å². The molecule has 0 saturated carbocycles. The Morgan fingerprint density at radius 1 is 0.933 bits per heavy atom. The van der Waals surface area contributed by atoms with Gasteiger partial charge in [-0.15, -0.1) is 0 Å². The van der Waals surface area contributed by atoms with E-state index in [2.05, 4.69) is 19.1 Å². The Hall–Kier alpha value is -1.76. The summed E-state index contributed by atoms with van der Waals surface area (Å²) in [6, 6.07) is 15.7. The molecule has 1 N–H and O–H groups in total. The molecule has 0 atom stereocenters. The summed E-state index contributed by atoms with van der Waals surface area (Å²) in [7, 11) is 0. The highest BCUT2D eigenvalue weighted by atomic mass is 16.3. The van der Waals surface area contributed by atoms with E-state index in [0.717, 1.165) is 17.5 Å². The van der Waals surface area contributed by atoms with Crippen LogP contribution in [0.25, 0.3) is 11.1 Å². The monoisotopic (exact) mass is 198 g/mol. The number of hydrogen-bond donors (Lipinski definition) is 1. The van der Waals surface area contributed by atoms with Crippen LogP contribution in [0, 0.1) is 0 Å². The first-order valence-electron chi connectivity index (χ1n) is 5.18. The van der Waals surface area contributed by atoms with Gasteiger partial charge in [0.05, 0.1) is 0 Å². The van der Waals surface area contributed by atoms with E-state index in [1.807, 2.05) is 30.3 Å². The zero-order chi connectivity index (χ0) is 10.7. The smallest absolute Gasteiger partial charge is 0.123 e. The third kappa shape index (κ3) is 2.01. The normalized spacial score (nSPS) is 10.2. The molecular weight excluding hydrogens is 184 g/mol. The molecule has 0 amide bonds. The van der Waals surface area contributed by atoms with E-state index < -0.39 is 0 Å². The third-order valence-electron chi connectivity index (χ3n) is 2.58. The van der Waals surface area contributed by atoms with Gasteiger partial charge in [-0.2, -0.15) is 0 Å². The van der Waals surface area contributed by atoms with Crippen molar-refractivity contribution in [2.24, 2.45) is 0 Å². The Kier molecular flexibility index (Phi) is 2.72. The van der Waals surface area contributed by atoms with Crippen molar-refractivity contribution >= 4 is 0 Å². The molecule has 0 radical (unpaired) electrons. The van der Waals surface area contributed by atoms with Crippen molar-refractivity contribution in [3.05, 3.63) is 54.1 Å². The number of hydrogen-bond acceptors (Lipinski definition) is 1. The molecule has 0 aliphatic rings. The molecule has 0 heterocycles. The molecule has 15 heavy (non-hydrogen) atoms. The minimum absolute atomic E-state index is 0.335. The highest BCUT2D eigenvalue weighted by Crippen LogP contribution is 2.28. The molecule has 0 fully saturated rings. The van der Waals surface area contributed by atoms with Gasteiger partial charge in [-0.05, 0) is 23.6 Å². The molecule has 0 aliphatic carbocycles. The quantitative estimate of drug-likeness (QED) is 0.781. The van der Waals surface area contributed by atoms with Gasteiger partial charge < -0.3 is 5.11 Å². The van der Waals surface area contributed by atoms with Crippen molar-refractivity contribution in [1.29, 1.82) is 0 Å². The van der Waals surface area contributed by atoms with Gasteiger partial charge in [-0.3, -0.25) is 0 Å². The third-order valence-corrected chi connectivity index (χ3v) is 2.58. The maximum atomic E-state index is 9.69. The Labute approximate surface area is 90.0 Å². The van der Waals surface area contributed by atoms with Gasteiger partial charge >= 0.3 is 0 Å². The van der Waals surface area contributed by atoms with Crippen LogP contribution < -0.4 is 0 Å². The van der Waals surface area contributed by atoms with Gasteiger partial charge in [0.2, 0.25) is 0 Å². The van der Waals surface area contributed by atoms with Gasteiger partial charge in [0, 0.05) is 5.56 Å². The van der Waals surface area contributed by atoms with E-state index in [1.54, 1.807) is 6.07 Å². The molecule has 0 spiro atoms. The number of aryl methyl sites for hydroxylation is 1. The van der Waals surface area contributed by atoms with Crippen LogP contribution in [-0.2, 0) is 6.42 Å². The van der Waals surface area contributed by atoms with E-state index in [-0.39, 0.29) is 0 Å². The molecule has 76 valence electrons. The summed E-state index contributed by atoms with van der Waals surface area (Å²) in [4.78, 5) is 0. The Balaban J connectivity index is 2.42. The number of para-hydroxylation sites is 1. The van der Waals surface area contributed by atoms with Crippen LogP contribution in [0.15, 0.2) is 48.5 Å². The molecule has 0 aromatic heterocycles. The molecule has 0 bridgehead atoms. The second kappa shape index (κ2) is 4.18. The van der Waals surface area contributed by atoms with Crippen molar-refractivity contribution < 1.29 is 5.11 Å². The first-order valence-corrected chi connectivity index (χ1v) is 5.18. The zero-order valence-corrected chi connectivity index (χ0v) is 8.77. The molecule has 2 rings (SSSR count). The Bertz CT molecular complexity index is 443. The van der Waals surface area contributed by atoms with E-state index >= 15 is 0 Å². The molecule has 0 aliphatic heterocycles. The van der Waals surface area contributed by atoms with Gasteiger partial charge in [0.15, 0.2) is 0 Å². The molecule has 2 aromatic rings. The Morgan fingerprint density at radius 3 is 2.20 bits per heavy atom. The van der Waals surface area contributed by atoms with Crippen LogP contribution in [-0.4, -0.2) is 5.11 Å². The fraction of sp³-hybridized carbons (Fsp3) is 0.143. The number of aromatic hydroxyl groups is 1. The summed E-state index contributed by atoms with van der Waals surface area (Å²) >= 11 is 0. The van der Waals surface area contributed by atoms with Gasteiger partial charge in [0.25, 0.3) is 0 Å². The summed E-state index contributed by atoms with van der Waals surface area (Å²) in [6.45, 7) is 2.13. The van der Waals surface area contributed by atoms with Gasteiger partial charge in [-0.1, -0.05) is 49.4 Å². The molecule has 1 heteroatoms. The first-order chi connectivity index (χ1) is 7.31. The molecular formula is C14H14O. The maximum Gasteiger partial charge on any atom is 0.123 e. The van der Waals surface area contributed by atoms with Crippen LogP contribution in [0.1, 0.15) is 12.5 Å². The topological polar surface area (TPSA) is 20.2 Å². The molecule has 0 unspecified atom stereocenters. The zero-order valence-electron chi connectivity index (χ0n) is 8.77. The molecule has 1 nitrogen and oxygen atoms in total. The highest BCUT2D eigenvalue weighted by molar-refractivity contribution is 5.69. The van der Waals surface area contributed by atoms with Crippen LogP contribution >= 0.6 is 0 Å². The summed E-state index contributed by atoms with van der Waals surface area (Å²) in [5, 5.41) is 9.69. The second-order valence-corrected chi connectivity index (χ2v) is 3.57. The summed E-state index contributed by atoms with van der Waals surface area (Å²) in [6.07, 6.45) is 1.04. The lowest BCUT2D eigenvalue weighted by molar-refractivity contribution is 0.477. The van der Waals surface area contributed by atoms with Crippen LogP contribution in [0.3, 0.4) is 0 Å². The number of phenols is 1. The minimum atomic E-state index is 0.335. The van der Waals surface area contributed by atoms with E-state index in [0.29, 0.717) is 5.75 Å². The predicted octanol–water partition coefficient (Wildman–Crippen LogP) is 3.62. The fourth-order valence-corrected chi connectivity index (χ4v) is 1.64. The fourth-order valence-electron chi connectivity index (χ4n) is 1.64. The Morgan fingerprint density at radius 2 is 1.60 bits per heavy atom. The van der Waals surface area contributed by atoms with Crippen LogP contribution in [0.2, 0.25) is 0 Å². The minimum Gasteiger partial charge on any atom is -0.507 e.